The number of anilines is 1. The monoisotopic (exact) mass is 559 g/mol. The Kier molecular flexibility index (Phi) is 15.3. The Morgan fingerprint density at radius 3 is 1.29 bits per heavy atom. The number of carbonyl (C=O) groups excluding carboxylic acids is 1. The number of unbranched alkanes of at least 4 members (excludes halogenated alkanes) is 14. The number of ether oxygens (including phenoxy) is 2. The van der Waals surface area contributed by atoms with E-state index in [0.717, 1.165) is 18.5 Å². The van der Waals surface area contributed by atoms with Gasteiger partial charge in [-0.25, -0.2) is 0 Å². The zero-order valence-electron chi connectivity index (χ0n) is 24.9. The van der Waals surface area contributed by atoms with E-state index in [1.54, 1.807) is 24.3 Å². The second-order valence-corrected chi connectivity index (χ2v) is 10.9. The number of benzene rings is 3. The predicted octanol–water partition coefficient (Wildman–Crippen LogP) is 11.2. The van der Waals surface area contributed by atoms with Crippen molar-refractivity contribution in [2.75, 3.05) is 5.32 Å². The van der Waals surface area contributed by atoms with Crippen LogP contribution in [0.25, 0.3) is 0 Å². The van der Waals surface area contributed by atoms with E-state index < -0.39 is 0 Å². The van der Waals surface area contributed by atoms with Gasteiger partial charge in [-0.15, -0.1) is 0 Å². The van der Waals surface area contributed by atoms with Crippen molar-refractivity contribution in [1.82, 2.24) is 0 Å². The highest BCUT2D eigenvalue weighted by atomic mass is 16.5. The molecule has 0 aliphatic carbocycles. The summed E-state index contributed by atoms with van der Waals surface area (Å²) in [5.41, 5.74) is 0.779. The summed E-state index contributed by atoms with van der Waals surface area (Å²) in [6.07, 6.45) is 20.4. The number of phenolic OH excluding ortho intramolecular Hbond substituents is 1. The number of phenols is 1. The van der Waals surface area contributed by atoms with Gasteiger partial charge in [0, 0.05) is 12.1 Å². The number of hydrogen-bond donors (Lipinski definition) is 2. The lowest BCUT2D eigenvalue weighted by Gasteiger charge is -2.10. The molecule has 0 unspecified atom stereocenters. The van der Waals surface area contributed by atoms with Crippen molar-refractivity contribution in [3.05, 3.63) is 72.8 Å². The van der Waals surface area contributed by atoms with Gasteiger partial charge in [0.1, 0.15) is 28.7 Å². The first-order chi connectivity index (χ1) is 20.1. The quantitative estimate of drug-likeness (QED) is 0.127. The summed E-state index contributed by atoms with van der Waals surface area (Å²) in [6, 6.07) is 21.3. The van der Waals surface area contributed by atoms with E-state index in [9.17, 15) is 9.90 Å². The zero-order valence-corrected chi connectivity index (χ0v) is 24.9. The Morgan fingerprint density at radius 1 is 0.537 bits per heavy atom. The van der Waals surface area contributed by atoms with Crippen LogP contribution in [0.3, 0.4) is 0 Å². The van der Waals surface area contributed by atoms with Gasteiger partial charge in [-0.1, -0.05) is 96.8 Å². The fourth-order valence-electron chi connectivity index (χ4n) is 4.85. The van der Waals surface area contributed by atoms with Crippen LogP contribution in [0.2, 0.25) is 0 Å². The van der Waals surface area contributed by atoms with Crippen molar-refractivity contribution in [2.24, 2.45) is 0 Å². The maximum absolute atomic E-state index is 12.3. The molecule has 0 aromatic heterocycles. The number of carbonyl (C=O) groups is 1. The summed E-state index contributed by atoms with van der Waals surface area (Å²) in [4.78, 5) is 12.3. The van der Waals surface area contributed by atoms with Crippen molar-refractivity contribution >= 4 is 11.6 Å². The van der Waals surface area contributed by atoms with E-state index in [2.05, 4.69) is 12.2 Å². The van der Waals surface area contributed by atoms with E-state index >= 15 is 0 Å². The Morgan fingerprint density at radius 2 is 0.878 bits per heavy atom. The summed E-state index contributed by atoms with van der Waals surface area (Å²) in [5.74, 6) is 2.97. The van der Waals surface area contributed by atoms with E-state index in [4.69, 9.17) is 9.47 Å². The Hall–Kier alpha value is -3.47. The van der Waals surface area contributed by atoms with Crippen molar-refractivity contribution < 1.29 is 19.4 Å². The second-order valence-electron chi connectivity index (χ2n) is 10.9. The standard InChI is InChI=1S/C36H49NO4/c1-2-3-4-5-6-7-8-9-10-11-12-13-14-15-16-17-36(39)37-30-18-22-32(23-19-30)40-34-26-28-35(29-27-34)41-33-24-20-31(38)21-25-33/h18-29,38H,2-17H2,1H3,(H,37,39). The fourth-order valence-corrected chi connectivity index (χ4v) is 4.85. The largest absolute Gasteiger partial charge is 0.508 e. The second kappa shape index (κ2) is 19.6. The first kappa shape index (κ1) is 32.0. The Labute approximate surface area is 247 Å². The summed E-state index contributed by atoms with van der Waals surface area (Å²) in [5, 5.41) is 12.4. The molecule has 5 nitrogen and oxygen atoms in total. The molecule has 0 spiro atoms. The number of amides is 1. The van der Waals surface area contributed by atoms with Crippen LogP contribution < -0.4 is 14.8 Å². The molecule has 41 heavy (non-hydrogen) atoms. The predicted molar refractivity (Wildman–Crippen MR) is 169 cm³/mol. The van der Waals surface area contributed by atoms with Crippen LogP contribution >= 0.6 is 0 Å². The number of hydrogen-bond acceptors (Lipinski definition) is 4. The van der Waals surface area contributed by atoms with Crippen LogP contribution in [0.4, 0.5) is 5.69 Å². The Bertz CT molecular complexity index is 1090. The van der Waals surface area contributed by atoms with Gasteiger partial charge >= 0.3 is 0 Å². The molecule has 0 aliphatic rings. The van der Waals surface area contributed by atoms with Crippen LogP contribution in [-0.2, 0) is 4.79 Å². The molecule has 0 fully saturated rings. The lowest BCUT2D eigenvalue weighted by molar-refractivity contribution is -0.116. The van der Waals surface area contributed by atoms with Crippen molar-refractivity contribution in [3.63, 3.8) is 0 Å². The third-order valence-corrected chi connectivity index (χ3v) is 7.28. The van der Waals surface area contributed by atoms with Crippen LogP contribution in [0.5, 0.6) is 28.7 Å². The van der Waals surface area contributed by atoms with Gasteiger partial charge in [0.05, 0.1) is 0 Å². The van der Waals surface area contributed by atoms with Crippen molar-refractivity contribution in [2.45, 2.75) is 110 Å². The molecular formula is C36H49NO4. The van der Waals surface area contributed by atoms with E-state index in [-0.39, 0.29) is 11.7 Å². The molecule has 3 aromatic rings. The maximum atomic E-state index is 12.3. The number of nitrogens with one attached hydrogen (secondary N) is 1. The topological polar surface area (TPSA) is 67.8 Å². The highest BCUT2D eigenvalue weighted by Crippen LogP contribution is 2.28. The molecule has 1 amide bonds. The molecule has 0 saturated heterocycles. The third kappa shape index (κ3) is 14.1. The van der Waals surface area contributed by atoms with Crippen LogP contribution in [0, 0.1) is 0 Å². The summed E-state index contributed by atoms with van der Waals surface area (Å²) >= 11 is 0. The highest BCUT2D eigenvalue weighted by Gasteiger charge is 2.05. The summed E-state index contributed by atoms with van der Waals surface area (Å²) in [7, 11) is 0. The smallest absolute Gasteiger partial charge is 0.224 e. The SMILES string of the molecule is CCCCCCCCCCCCCCCCCC(=O)Nc1ccc(Oc2ccc(Oc3ccc(O)cc3)cc2)cc1. The van der Waals surface area contributed by atoms with E-state index in [1.165, 1.54) is 83.5 Å². The molecule has 2 N–H and O–H groups in total. The number of aromatic hydroxyl groups is 1. The lowest BCUT2D eigenvalue weighted by Crippen LogP contribution is -2.10. The first-order valence-corrected chi connectivity index (χ1v) is 15.8. The maximum Gasteiger partial charge on any atom is 0.224 e. The van der Waals surface area contributed by atoms with Crippen LogP contribution in [-0.4, -0.2) is 11.0 Å². The zero-order chi connectivity index (χ0) is 29.0. The number of rotatable bonds is 21. The molecule has 0 aliphatic heterocycles. The molecule has 0 saturated carbocycles. The summed E-state index contributed by atoms with van der Waals surface area (Å²) in [6.45, 7) is 2.27. The minimum absolute atomic E-state index is 0.0672. The van der Waals surface area contributed by atoms with Crippen molar-refractivity contribution in [1.29, 1.82) is 0 Å². The molecule has 3 rings (SSSR count). The average Bonchev–Trinajstić information content (AvgIpc) is 2.98. The molecular weight excluding hydrogens is 510 g/mol. The average molecular weight is 560 g/mol. The molecule has 5 heteroatoms. The van der Waals surface area contributed by atoms with E-state index in [0.29, 0.717) is 29.4 Å². The van der Waals surface area contributed by atoms with Gasteiger partial charge in [-0.05, 0) is 79.2 Å². The van der Waals surface area contributed by atoms with Gasteiger partial charge in [-0.3, -0.25) is 4.79 Å². The minimum atomic E-state index is 0.0672. The molecule has 0 bridgehead atoms. The third-order valence-electron chi connectivity index (χ3n) is 7.28. The van der Waals surface area contributed by atoms with Gasteiger partial charge in [-0.2, -0.15) is 0 Å². The summed E-state index contributed by atoms with van der Waals surface area (Å²) < 4.78 is 11.7. The minimum Gasteiger partial charge on any atom is -0.508 e. The highest BCUT2D eigenvalue weighted by molar-refractivity contribution is 5.90. The van der Waals surface area contributed by atoms with Gasteiger partial charge < -0.3 is 19.9 Å². The van der Waals surface area contributed by atoms with Crippen LogP contribution in [0.15, 0.2) is 72.8 Å². The first-order valence-electron chi connectivity index (χ1n) is 15.8. The van der Waals surface area contributed by atoms with Crippen molar-refractivity contribution in [3.8, 4) is 28.7 Å². The molecule has 0 atom stereocenters. The van der Waals surface area contributed by atoms with Gasteiger partial charge in [0.25, 0.3) is 0 Å². The molecule has 0 heterocycles. The molecule has 222 valence electrons. The fraction of sp³-hybridized carbons (Fsp3) is 0.472. The normalized spacial score (nSPS) is 10.9. The van der Waals surface area contributed by atoms with Gasteiger partial charge in [0.2, 0.25) is 5.91 Å². The molecule has 3 aromatic carbocycles. The van der Waals surface area contributed by atoms with E-state index in [1.807, 2.05) is 48.5 Å². The Balaban J connectivity index is 1.20. The van der Waals surface area contributed by atoms with Gasteiger partial charge in [0.15, 0.2) is 0 Å². The van der Waals surface area contributed by atoms with Crippen LogP contribution in [0.1, 0.15) is 110 Å². The molecule has 0 radical (unpaired) electrons. The lowest BCUT2D eigenvalue weighted by atomic mass is 10.0.